The van der Waals surface area contributed by atoms with Crippen molar-refractivity contribution in [3.8, 4) is 11.5 Å². The van der Waals surface area contributed by atoms with Crippen molar-refractivity contribution >= 4 is 11.3 Å². The SMILES string of the molecule is COc1csc(C)c1OC. The Morgan fingerprint density at radius 1 is 1.30 bits per heavy atom. The first-order valence-electron chi connectivity index (χ1n) is 2.95. The molecule has 2 nitrogen and oxygen atoms in total. The average molecular weight is 158 g/mol. The summed E-state index contributed by atoms with van der Waals surface area (Å²) in [6, 6.07) is 0. The van der Waals surface area contributed by atoms with Crippen molar-refractivity contribution in [3.05, 3.63) is 10.3 Å². The first-order chi connectivity index (χ1) is 4.79. The van der Waals surface area contributed by atoms with Crippen LogP contribution in [-0.2, 0) is 0 Å². The highest BCUT2D eigenvalue weighted by Gasteiger charge is 2.07. The van der Waals surface area contributed by atoms with Gasteiger partial charge in [0, 0.05) is 10.3 Å². The lowest BCUT2D eigenvalue weighted by Gasteiger charge is -2.00. The number of thiophene rings is 1. The molecule has 0 N–H and O–H groups in total. The molecule has 0 unspecified atom stereocenters. The smallest absolute Gasteiger partial charge is 0.174 e. The lowest BCUT2D eigenvalue weighted by atomic mass is 10.4. The van der Waals surface area contributed by atoms with Crippen LogP contribution in [0.2, 0.25) is 0 Å². The first-order valence-corrected chi connectivity index (χ1v) is 3.83. The van der Waals surface area contributed by atoms with Crippen LogP contribution in [-0.4, -0.2) is 14.2 Å². The first kappa shape index (κ1) is 7.41. The zero-order chi connectivity index (χ0) is 7.56. The monoisotopic (exact) mass is 158 g/mol. The topological polar surface area (TPSA) is 18.5 Å². The summed E-state index contributed by atoms with van der Waals surface area (Å²) in [6.07, 6.45) is 0. The summed E-state index contributed by atoms with van der Waals surface area (Å²) in [5.41, 5.74) is 0. The van der Waals surface area contributed by atoms with Gasteiger partial charge in [-0.1, -0.05) is 0 Å². The van der Waals surface area contributed by atoms with Crippen LogP contribution >= 0.6 is 11.3 Å². The van der Waals surface area contributed by atoms with Crippen molar-refractivity contribution < 1.29 is 9.47 Å². The number of rotatable bonds is 2. The highest BCUT2D eigenvalue weighted by molar-refractivity contribution is 7.10. The van der Waals surface area contributed by atoms with Gasteiger partial charge in [-0.25, -0.2) is 0 Å². The summed E-state index contributed by atoms with van der Waals surface area (Å²) in [6.45, 7) is 2.01. The van der Waals surface area contributed by atoms with Gasteiger partial charge in [-0.2, -0.15) is 0 Å². The predicted molar refractivity (Wildman–Crippen MR) is 42.2 cm³/mol. The van der Waals surface area contributed by atoms with Crippen molar-refractivity contribution in [2.45, 2.75) is 6.92 Å². The van der Waals surface area contributed by atoms with Crippen LogP contribution in [0.4, 0.5) is 0 Å². The molecule has 0 aromatic carbocycles. The molecule has 0 aliphatic heterocycles. The Balaban J connectivity index is 3.01. The molecular weight excluding hydrogens is 148 g/mol. The van der Waals surface area contributed by atoms with Crippen LogP contribution < -0.4 is 9.47 Å². The van der Waals surface area contributed by atoms with Gasteiger partial charge in [0.2, 0.25) is 0 Å². The molecule has 1 aromatic rings. The third-order valence-corrected chi connectivity index (χ3v) is 2.18. The number of ether oxygens (including phenoxy) is 2. The van der Waals surface area contributed by atoms with E-state index >= 15 is 0 Å². The van der Waals surface area contributed by atoms with E-state index in [-0.39, 0.29) is 0 Å². The second kappa shape index (κ2) is 2.92. The molecule has 0 amide bonds. The molecule has 1 aromatic heterocycles. The average Bonchev–Trinajstić information content (AvgIpc) is 2.30. The van der Waals surface area contributed by atoms with Crippen molar-refractivity contribution in [1.29, 1.82) is 0 Å². The maximum atomic E-state index is 5.09. The third-order valence-electron chi connectivity index (χ3n) is 1.31. The van der Waals surface area contributed by atoms with Crippen molar-refractivity contribution in [2.75, 3.05) is 14.2 Å². The van der Waals surface area contributed by atoms with Gasteiger partial charge in [-0.3, -0.25) is 0 Å². The molecule has 0 spiro atoms. The minimum absolute atomic E-state index is 0.824. The fourth-order valence-corrected chi connectivity index (χ4v) is 1.59. The standard InChI is InChI=1S/C7H10O2S/c1-5-7(9-3)6(8-2)4-10-5/h4H,1-3H3. The van der Waals surface area contributed by atoms with Gasteiger partial charge < -0.3 is 9.47 Å². The fourth-order valence-electron chi connectivity index (χ4n) is 0.808. The van der Waals surface area contributed by atoms with Gasteiger partial charge in [0.05, 0.1) is 14.2 Å². The summed E-state index contributed by atoms with van der Waals surface area (Å²) in [7, 11) is 3.29. The summed E-state index contributed by atoms with van der Waals surface area (Å²) in [5.74, 6) is 1.68. The van der Waals surface area contributed by atoms with Crippen LogP contribution in [0.1, 0.15) is 4.88 Å². The Bertz CT molecular complexity index is 217. The molecule has 1 rings (SSSR count). The molecule has 0 aliphatic carbocycles. The molecule has 3 heteroatoms. The minimum atomic E-state index is 0.824. The normalized spacial score (nSPS) is 9.50. The summed E-state index contributed by atoms with van der Waals surface area (Å²) in [4.78, 5) is 1.15. The van der Waals surface area contributed by atoms with E-state index < -0.39 is 0 Å². The quantitative estimate of drug-likeness (QED) is 0.656. The molecule has 0 bridgehead atoms. The molecule has 0 aliphatic rings. The predicted octanol–water partition coefficient (Wildman–Crippen LogP) is 2.07. The second-order valence-electron chi connectivity index (χ2n) is 1.89. The fraction of sp³-hybridized carbons (Fsp3) is 0.429. The van der Waals surface area contributed by atoms with E-state index in [1.807, 2.05) is 12.3 Å². The van der Waals surface area contributed by atoms with Crippen molar-refractivity contribution in [3.63, 3.8) is 0 Å². The van der Waals surface area contributed by atoms with E-state index in [9.17, 15) is 0 Å². The van der Waals surface area contributed by atoms with Crippen LogP contribution in [0, 0.1) is 6.92 Å². The molecule has 0 saturated heterocycles. The molecule has 0 atom stereocenters. The van der Waals surface area contributed by atoms with Crippen LogP contribution in [0.25, 0.3) is 0 Å². The zero-order valence-corrected chi connectivity index (χ0v) is 7.12. The largest absolute Gasteiger partial charge is 0.492 e. The Morgan fingerprint density at radius 2 is 2.00 bits per heavy atom. The van der Waals surface area contributed by atoms with E-state index in [4.69, 9.17) is 9.47 Å². The van der Waals surface area contributed by atoms with Crippen LogP contribution in [0.3, 0.4) is 0 Å². The molecule has 0 saturated carbocycles. The van der Waals surface area contributed by atoms with E-state index in [1.165, 1.54) is 0 Å². The Hall–Kier alpha value is -0.700. The van der Waals surface area contributed by atoms with Crippen LogP contribution in [0.15, 0.2) is 5.38 Å². The van der Waals surface area contributed by atoms with Crippen molar-refractivity contribution in [2.24, 2.45) is 0 Å². The lowest BCUT2D eigenvalue weighted by Crippen LogP contribution is -1.86. The Labute approximate surface area is 64.4 Å². The van der Waals surface area contributed by atoms with Gasteiger partial charge >= 0.3 is 0 Å². The van der Waals surface area contributed by atoms with Crippen LogP contribution in [0.5, 0.6) is 11.5 Å². The number of methoxy groups -OCH3 is 2. The Kier molecular flexibility index (Phi) is 2.17. The summed E-state index contributed by atoms with van der Waals surface area (Å²) >= 11 is 1.63. The molecule has 0 radical (unpaired) electrons. The van der Waals surface area contributed by atoms with Crippen molar-refractivity contribution in [1.82, 2.24) is 0 Å². The van der Waals surface area contributed by atoms with Gasteiger partial charge in [-0.05, 0) is 6.92 Å². The molecule has 56 valence electrons. The molecule has 0 fully saturated rings. The van der Waals surface area contributed by atoms with E-state index in [1.54, 1.807) is 25.6 Å². The van der Waals surface area contributed by atoms with E-state index in [2.05, 4.69) is 0 Å². The highest BCUT2D eigenvalue weighted by Crippen LogP contribution is 2.35. The number of hydrogen-bond acceptors (Lipinski definition) is 3. The summed E-state index contributed by atoms with van der Waals surface area (Å²) in [5, 5.41) is 1.94. The van der Waals surface area contributed by atoms with Gasteiger partial charge in [0.25, 0.3) is 0 Å². The summed E-state index contributed by atoms with van der Waals surface area (Å²) < 4.78 is 10.1. The van der Waals surface area contributed by atoms with E-state index in [0.29, 0.717) is 0 Å². The highest BCUT2D eigenvalue weighted by atomic mass is 32.1. The van der Waals surface area contributed by atoms with Gasteiger partial charge in [0.1, 0.15) is 0 Å². The Morgan fingerprint density at radius 3 is 2.40 bits per heavy atom. The van der Waals surface area contributed by atoms with Gasteiger partial charge in [0.15, 0.2) is 11.5 Å². The zero-order valence-electron chi connectivity index (χ0n) is 6.30. The molecular formula is C7H10O2S. The minimum Gasteiger partial charge on any atom is -0.492 e. The third kappa shape index (κ3) is 1.09. The lowest BCUT2D eigenvalue weighted by molar-refractivity contribution is 0.356. The maximum Gasteiger partial charge on any atom is 0.174 e. The van der Waals surface area contributed by atoms with Gasteiger partial charge in [-0.15, -0.1) is 11.3 Å². The maximum absolute atomic E-state index is 5.09. The van der Waals surface area contributed by atoms with E-state index in [0.717, 1.165) is 16.4 Å². The number of hydrogen-bond donors (Lipinski definition) is 0. The number of aryl methyl sites for hydroxylation is 1. The molecule has 10 heavy (non-hydrogen) atoms. The second-order valence-corrected chi connectivity index (χ2v) is 2.98. The molecule has 1 heterocycles.